The van der Waals surface area contributed by atoms with Crippen molar-refractivity contribution in [1.82, 2.24) is 10.3 Å². The van der Waals surface area contributed by atoms with Crippen LogP contribution in [0.5, 0.6) is 5.88 Å². The fourth-order valence-corrected chi connectivity index (χ4v) is 15.7. The number of carboxylic acid groups (broad SMARTS) is 1. The molecule has 0 amide bonds. The number of aliphatic hydroxyl groups is 2. The van der Waals surface area contributed by atoms with Gasteiger partial charge in [-0.15, -0.1) is 0 Å². The summed E-state index contributed by atoms with van der Waals surface area (Å²) in [6.45, 7) is 21.0. The van der Waals surface area contributed by atoms with E-state index in [4.69, 9.17) is 4.74 Å². The Labute approximate surface area is 343 Å². The van der Waals surface area contributed by atoms with E-state index >= 15 is 0 Å². The number of nitrogens with one attached hydrogen (secondary N) is 1. The average molecular weight is 783 g/mol. The van der Waals surface area contributed by atoms with E-state index in [-0.39, 0.29) is 39.9 Å². The van der Waals surface area contributed by atoms with Gasteiger partial charge in [0.2, 0.25) is 5.88 Å². The largest absolute Gasteiger partial charge is 0.481 e. The predicted octanol–water partition coefficient (Wildman–Crippen LogP) is 10.2. The van der Waals surface area contributed by atoms with Crippen molar-refractivity contribution in [3.05, 3.63) is 59.8 Å². The SMILES string of the molecule is C=C(C)[C@@H]1CC[C@]2(NCC[C@]3(O)CC[C@H](O)CC3)CC[C@]3(C)[C@H](CC[C@@H]4[C@@]5(C)CC=C(C6=CCC(COc7ccccn7)(C(=O)O)CC6)C(C)(C)[C@@H]5CC[C@]43C)[C@@H]12. The van der Waals surface area contributed by atoms with E-state index in [1.165, 1.54) is 68.1 Å². The van der Waals surface area contributed by atoms with Gasteiger partial charge in [0.05, 0.1) is 11.7 Å². The number of carboxylic acids is 1. The van der Waals surface area contributed by atoms with Crippen molar-refractivity contribution in [3.63, 3.8) is 0 Å². The van der Waals surface area contributed by atoms with Crippen molar-refractivity contribution >= 4 is 5.97 Å². The molecule has 57 heavy (non-hydrogen) atoms. The number of allylic oxidation sites excluding steroid dienone is 5. The quantitative estimate of drug-likeness (QED) is 0.175. The average Bonchev–Trinajstić information content (AvgIpc) is 3.56. The highest BCUT2D eigenvalue weighted by Crippen LogP contribution is 2.76. The van der Waals surface area contributed by atoms with Crippen LogP contribution in [0.4, 0.5) is 0 Å². The van der Waals surface area contributed by atoms with Gasteiger partial charge in [-0.3, -0.25) is 4.79 Å². The zero-order valence-electron chi connectivity index (χ0n) is 36.2. The summed E-state index contributed by atoms with van der Waals surface area (Å²) in [4.78, 5) is 17.0. The lowest BCUT2D eigenvalue weighted by atomic mass is 9.33. The fourth-order valence-electron chi connectivity index (χ4n) is 15.7. The summed E-state index contributed by atoms with van der Waals surface area (Å²) in [6.07, 6.45) is 22.8. The minimum atomic E-state index is -0.938. The molecule has 0 bridgehead atoms. The highest BCUT2D eigenvalue weighted by atomic mass is 16.5. The van der Waals surface area contributed by atoms with Crippen LogP contribution in [0.25, 0.3) is 0 Å². The molecule has 314 valence electrons. The molecule has 7 heteroatoms. The zero-order chi connectivity index (χ0) is 40.6. The van der Waals surface area contributed by atoms with Crippen LogP contribution in [0, 0.1) is 56.7 Å². The lowest BCUT2D eigenvalue weighted by Gasteiger charge is -2.72. The Hall–Kier alpha value is -2.48. The maximum atomic E-state index is 12.7. The monoisotopic (exact) mass is 783 g/mol. The van der Waals surface area contributed by atoms with Crippen LogP contribution in [0.2, 0.25) is 0 Å². The number of hydrogen-bond acceptors (Lipinski definition) is 6. The Kier molecular flexibility index (Phi) is 10.6. The molecule has 0 spiro atoms. The molecule has 4 N–H and O–H groups in total. The van der Waals surface area contributed by atoms with Crippen LogP contribution < -0.4 is 10.1 Å². The molecule has 0 saturated heterocycles. The number of rotatable bonds is 10. The van der Waals surface area contributed by atoms with Gasteiger partial charge in [-0.1, -0.05) is 65.0 Å². The third-order valence-electron chi connectivity index (χ3n) is 19.1. The number of aliphatic hydroxyl groups excluding tert-OH is 1. The standard InChI is InChI=1S/C50H74N2O5/c1-33(2)36-17-26-50(52-31-29-49(56)24-15-35(53)16-25-49)28-27-46(6)38(42(36)50)11-12-40-45(5)20-18-37(44(3,4)39(45)19-21-47(40,46)7)34-13-22-48(23-14-34,43(54)55)32-57-41-10-8-9-30-51-41/h8-10,13,18,30,35-36,38-40,42,52-53,56H,1,11-12,14-17,19-29,31-32H2,2-7H3,(H,54,55)/t35-,36-,38+,39-,40+,42+,45-,46+,47+,48?,49-,50-/m0/s1. The molecule has 10 atom stereocenters. The van der Waals surface area contributed by atoms with Crippen LogP contribution in [0.3, 0.4) is 0 Å². The Morgan fingerprint density at radius 3 is 2.33 bits per heavy atom. The molecule has 1 heterocycles. The number of aliphatic carboxylic acids is 1. The summed E-state index contributed by atoms with van der Waals surface area (Å²) in [5.41, 5.74) is 3.45. The maximum absolute atomic E-state index is 12.7. The van der Waals surface area contributed by atoms with Crippen molar-refractivity contribution in [2.45, 2.75) is 168 Å². The van der Waals surface area contributed by atoms with Gasteiger partial charge in [0.25, 0.3) is 0 Å². The summed E-state index contributed by atoms with van der Waals surface area (Å²) in [5.74, 6) is 2.72. The molecule has 1 aromatic rings. The Bertz CT molecular complexity index is 1760. The van der Waals surface area contributed by atoms with Crippen molar-refractivity contribution in [2.75, 3.05) is 13.2 Å². The van der Waals surface area contributed by atoms with Crippen molar-refractivity contribution in [1.29, 1.82) is 0 Å². The lowest BCUT2D eigenvalue weighted by molar-refractivity contribution is -0.221. The first kappa shape index (κ1) is 41.3. The number of hydrogen-bond donors (Lipinski definition) is 4. The van der Waals surface area contributed by atoms with Gasteiger partial charge in [-0.2, -0.15) is 0 Å². The van der Waals surface area contributed by atoms with Crippen LogP contribution in [-0.2, 0) is 4.79 Å². The van der Waals surface area contributed by atoms with E-state index in [0.29, 0.717) is 74.0 Å². The number of pyridine rings is 1. The minimum absolute atomic E-state index is 0.00816. The minimum Gasteiger partial charge on any atom is -0.481 e. The molecule has 7 aliphatic rings. The lowest BCUT2D eigenvalue weighted by Crippen LogP contribution is -2.68. The van der Waals surface area contributed by atoms with E-state index in [1.54, 1.807) is 12.3 Å². The van der Waals surface area contributed by atoms with Crippen LogP contribution in [0.1, 0.15) is 151 Å². The first-order valence-corrected chi connectivity index (χ1v) is 22.9. The third kappa shape index (κ3) is 6.62. The summed E-state index contributed by atoms with van der Waals surface area (Å²) >= 11 is 0. The molecule has 0 aliphatic heterocycles. The maximum Gasteiger partial charge on any atom is 0.313 e. The van der Waals surface area contributed by atoms with E-state index in [2.05, 4.69) is 70.6 Å². The summed E-state index contributed by atoms with van der Waals surface area (Å²) in [7, 11) is 0. The van der Waals surface area contributed by atoms with E-state index in [9.17, 15) is 20.1 Å². The first-order chi connectivity index (χ1) is 26.9. The smallest absolute Gasteiger partial charge is 0.313 e. The Balaban J connectivity index is 1.02. The van der Waals surface area contributed by atoms with Crippen LogP contribution in [0.15, 0.2) is 59.8 Å². The van der Waals surface area contributed by atoms with Gasteiger partial charge < -0.3 is 25.4 Å². The number of nitrogens with zero attached hydrogens (tertiary/aromatic N) is 1. The van der Waals surface area contributed by atoms with E-state index in [0.717, 1.165) is 25.8 Å². The highest BCUT2D eigenvalue weighted by molar-refractivity contribution is 5.75. The second-order valence-corrected chi connectivity index (χ2v) is 22.0. The highest BCUT2D eigenvalue weighted by Gasteiger charge is 2.70. The van der Waals surface area contributed by atoms with Gasteiger partial charge in [-0.25, -0.2) is 4.98 Å². The summed E-state index contributed by atoms with van der Waals surface area (Å²) in [6, 6.07) is 5.50. The summed E-state index contributed by atoms with van der Waals surface area (Å²) in [5, 5.41) is 36.2. The topological polar surface area (TPSA) is 112 Å². The van der Waals surface area contributed by atoms with Crippen molar-refractivity contribution < 1.29 is 24.9 Å². The van der Waals surface area contributed by atoms with Gasteiger partial charge in [0, 0.05) is 17.8 Å². The van der Waals surface area contributed by atoms with Crippen molar-refractivity contribution in [3.8, 4) is 5.88 Å². The third-order valence-corrected chi connectivity index (χ3v) is 19.1. The fraction of sp³-hybridized carbons (Fsp3) is 0.760. The molecule has 5 saturated carbocycles. The predicted molar refractivity (Wildman–Crippen MR) is 227 cm³/mol. The number of ether oxygens (including phenoxy) is 1. The Morgan fingerprint density at radius 1 is 0.895 bits per heavy atom. The summed E-state index contributed by atoms with van der Waals surface area (Å²) < 4.78 is 5.95. The van der Waals surface area contributed by atoms with Gasteiger partial charge >= 0.3 is 5.97 Å². The molecule has 7 aliphatic carbocycles. The Morgan fingerprint density at radius 2 is 1.67 bits per heavy atom. The molecule has 5 fully saturated rings. The number of aromatic nitrogens is 1. The molecule has 0 radical (unpaired) electrons. The molecule has 1 aromatic heterocycles. The molecular formula is C50H74N2O5. The molecule has 0 aromatic carbocycles. The second kappa shape index (κ2) is 14.6. The number of fused-ring (bicyclic) bond motifs is 7. The van der Waals surface area contributed by atoms with Gasteiger partial charge in [0.15, 0.2) is 0 Å². The molecular weight excluding hydrogens is 709 g/mol. The van der Waals surface area contributed by atoms with Crippen LogP contribution in [-0.4, -0.2) is 56.7 Å². The second-order valence-electron chi connectivity index (χ2n) is 22.0. The van der Waals surface area contributed by atoms with Gasteiger partial charge in [-0.05, 0) is 191 Å². The number of carbonyl (C=O) groups is 1. The zero-order valence-corrected chi connectivity index (χ0v) is 36.2. The molecule has 1 unspecified atom stereocenters. The molecule has 7 nitrogen and oxygen atoms in total. The normalized spacial score (nSPS) is 45.0. The van der Waals surface area contributed by atoms with Crippen molar-refractivity contribution in [2.24, 2.45) is 56.7 Å². The first-order valence-electron chi connectivity index (χ1n) is 22.9. The molecule has 8 rings (SSSR count). The van der Waals surface area contributed by atoms with E-state index < -0.39 is 17.0 Å². The van der Waals surface area contributed by atoms with E-state index in [1.807, 2.05) is 12.1 Å². The van der Waals surface area contributed by atoms with Gasteiger partial charge in [0.1, 0.15) is 12.0 Å². The van der Waals surface area contributed by atoms with Crippen LogP contribution >= 0.6 is 0 Å².